The standard InChI is InChI=1S/C26H26N6O3.C22H26N4O2.C5H4N2O2/c1-3-32-22-8-7-19(16(2)25(22)29-30-32)24-18(6-9-23(33)34)5-4-17-11-13-31(14-20(17)24)26(35)21-10-12-27-15-28-21;1-4-26-20-8-7-18(14(2)22(20)24-25-26)19(12-21(27)28-3)16-6-5-15-9-10-23-13-17(15)11-16;8-5(9)4-1-2-6-3-7-4/h4-5,7-8,10,12,15H,3,6,9,11,13-14H2,1-2H3,(H,33,34);5-8,11,19,23H,4,9-10,12-13H2,1-3H3;1-3H,(H,8,9). The van der Waals surface area contributed by atoms with Crippen LogP contribution in [0.25, 0.3) is 33.2 Å². The van der Waals surface area contributed by atoms with Crippen LogP contribution in [0, 0.1) is 13.8 Å². The lowest BCUT2D eigenvalue weighted by molar-refractivity contribution is -0.141. The van der Waals surface area contributed by atoms with E-state index in [1.807, 2.05) is 35.3 Å². The van der Waals surface area contributed by atoms with Gasteiger partial charge in [0.25, 0.3) is 5.91 Å². The van der Waals surface area contributed by atoms with Crippen LogP contribution in [0.4, 0.5) is 0 Å². The van der Waals surface area contributed by atoms with Crippen molar-refractivity contribution in [3.8, 4) is 11.1 Å². The van der Waals surface area contributed by atoms with Crippen LogP contribution in [0.2, 0.25) is 0 Å². The van der Waals surface area contributed by atoms with Crippen LogP contribution in [0.1, 0.15) is 104 Å². The summed E-state index contributed by atoms with van der Waals surface area (Å²) >= 11 is 0. The van der Waals surface area contributed by atoms with Crippen LogP contribution in [0.3, 0.4) is 0 Å². The van der Waals surface area contributed by atoms with Gasteiger partial charge in [-0.15, -0.1) is 10.2 Å². The topological polar surface area (TPSA) is 246 Å². The first-order valence-electron chi connectivity index (χ1n) is 23.9. The van der Waals surface area contributed by atoms with Gasteiger partial charge in [-0.25, -0.2) is 34.1 Å². The van der Waals surface area contributed by atoms with Gasteiger partial charge in [-0.3, -0.25) is 14.4 Å². The van der Waals surface area contributed by atoms with Gasteiger partial charge in [-0.1, -0.05) is 52.9 Å². The van der Waals surface area contributed by atoms with Gasteiger partial charge in [0.2, 0.25) is 0 Å². The molecule has 4 aromatic heterocycles. The van der Waals surface area contributed by atoms with E-state index in [0.717, 1.165) is 99.2 Å². The minimum absolute atomic E-state index is 0.0185. The first-order valence-corrected chi connectivity index (χ1v) is 23.9. The number of benzene rings is 4. The summed E-state index contributed by atoms with van der Waals surface area (Å²) in [4.78, 5) is 63.8. The molecule has 6 heterocycles. The molecule has 370 valence electrons. The van der Waals surface area contributed by atoms with Gasteiger partial charge >= 0.3 is 17.9 Å². The molecule has 72 heavy (non-hydrogen) atoms. The van der Waals surface area contributed by atoms with Crippen molar-refractivity contribution >= 4 is 45.9 Å². The highest BCUT2D eigenvalue weighted by atomic mass is 16.5. The number of hydrogen-bond donors (Lipinski definition) is 3. The molecule has 19 heteroatoms. The molecular formula is C53H56N12O7. The average Bonchev–Trinajstić information content (AvgIpc) is 4.05. The minimum atomic E-state index is -1.03. The van der Waals surface area contributed by atoms with E-state index in [2.05, 4.69) is 102 Å². The highest BCUT2D eigenvalue weighted by Gasteiger charge is 2.28. The molecule has 2 aliphatic heterocycles. The average molecular weight is 973 g/mol. The number of ether oxygens (including phenoxy) is 1. The molecule has 2 aliphatic rings. The van der Waals surface area contributed by atoms with E-state index in [0.29, 0.717) is 38.0 Å². The number of carboxylic acid groups (broad SMARTS) is 2. The maximum atomic E-state index is 13.2. The zero-order valence-electron chi connectivity index (χ0n) is 40.9. The molecule has 0 bridgehead atoms. The van der Waals surface area contributed by atoms with Crippen molar-refractivity contribution in [3.63, 3.8) is 0 Å². The number of carbonyl (C=O) groups excluding carboxylic acids is 2. The number of aryl methyl sites for hydroxylation is 5. The van der Waals surface area contributed by atoms with Gasteiger partial charge in [0.15, 0.2) is 5.69 Å². The predicted octanol–water partition coefficient (Wildman–Crippen LogP) is 6.71. The lowest BCUT2D eigenvalue weighted by atomic mass is 9.83. The number of nitrogens with one attached hydrogen (secondary N) is 1. The molecule has 0 spiro atoms. The number of carbonyl (C=O) groups is 4. The second-order valence-corrected chi connectivity index (χ2v) is 17.5. The van der Waals surface area contributed by atoms with Gasteiger partial charge in [-0.2, -0.15) is 0 Å². The highest BCUT2D eigenvalue weighted by Crippen LogP contribution is 2.39. The van der Waals surface area contributed by atoms with Gasteiger partial charge < -0.3 is 25.2 Å². The van der Waals surface area contributed by atoms with Crippen molar-refractivity contribution < 1.29 is 34.1 Å². The van der Waals surface area contributed by atoms with Crippen LogP contribution in [-0.2, 0) is 59.8 Å². The van der Waals surface area contributed by atoms with E-state index >= 15 is 0 Å². The molecule has 10 rings (SSSR count). The molecule has 0 aliphatic carbocycles. The number of rotatable bonds is 12. The molecular weight excluding hydrogens is 917 g/mol. The third-order valence-corrected chi connectivity index (χ3v) is 13.3. The van der Waals surface area contributed by atoms with Crippen LogP contribution in [0.5, 0.6) is 0 Å². The summed E-state index contributed by atoms with van der Waals surface area (Å²) in [6, 6.07) is 21.9. The van der Waals surface area contributed by atoms with E-state index in [1.54, 1.807) is 17.2 Å². The summed E-state index contributed by atoms with van der Waals surface area (Å²) in [6.07, 6.45) is 8.02. The Bertz CT molecular complexity index is 3270. The van der Waals surface area contributed by atoms with Crippen molar-refractivity contribution in [2.45, 2.75) is 91.9 Å². The monoisotopic (exact) mass is 972 g/mol. The number of methoxy groups -OCH3 is 1. The van der Waals surface area contributed by atoms with Gasteiger partial charge in [0, 0.05) is 57.5 Å². The van der Waals surface area contributed by atoms with Crippen LogP contribution >= 0.6 is 0 Å². The van der Waals surface area contributed by atoms with Crippen LogP contribution < -0.4 is 5.32 Å². The zero-order chi connectivity index (χ0) is 50.9. The third kappa shape index (κ3) is 10.8. The Morgan fingerprint density at radius 1 is 0.764 bits per heavy atom. The lowest BCUT2D eigenvalue weighted by Crippen LogP contribution is -2.36. The van der Waals surface area contributed by atoms with Gasteiger partial charge in [0.1, 0.15) is 29.4 Å². The predicted molar refractivity (Wildman–Crippen MR) is 267 cm³/mol. The summed E-state index contributed by atoms with van der Waals surface area (Å²) < 4.78 is 8.76. The Hall–Kier alpha value is -8.32. The normalized spacial score (nSPS) is 13.2. The molecule has 0 fully saturated rings. The Morgan fingerprint density at radius 3 is 2.06 bits per heavy atom. The van der Waals surface area contributed by atoms with Crippen molar-refractivity contribution in [3.05, 3.63) is 153 Å². The number of carboxylic acids is 2. The number of aromatic nitrogens is 10. The molecule has 19 nitrogen and oxygen atoms in total. The van der Waals surface area contributed by atoms with Crippen LogP contribution in [-0.4, -0.2) is 109 Å². The first-order chi connectivity index (χ1) is 34.9. The number of aliphatic carboxylic acids is 1. The van der Waals surface area contributed by atoms with E-state index < -0.39 is 11.9 Å². The fraction of sp³-hybridized carbons (Fsp3) is 0.321. The molecule has 0 saturated carbocycles. The summed E-state index contributed by atoms with van der Waals surface area (Å²) in [7, 11) is 1.44. The van der Waals surface area contributed by atoms with E-state index in [4.69, 9.17) is 9.84 Å². The zero-order valence-corrected chi connectivity index (χ0v) is 40.9. The second-order valence-electron chi connectivity index (χ2n) is 17.5. The molecule has 1 atom stereocenters. The Kier molecular flexibility index (Phi) is 15.7. The van der Waals surface area contributed by atoms with Crippen molar-refractivity contribution in [2.24, 2.45) is 0 Å². The molecule has 3 N–H and O–H groups in total. The van der Waals surface area contributed by atoms with E-state index in [9.17, 15) is 24.3 Å². The Balaban J connectivity index is 0.000000167. The maximum Gasteiger partial charge on any atom is 0.354 e. The SMILES string of the molecule is CCn1nnc2c(C)c(-c3c(CCC(=O)O)ccc4c3CN(C(=O)c3ccncn3)CC4)ccc21.CCn1nnc2c(C)c(C(CC(=O)OC)c3ccc4c(c3)CNCC4)ccc21.O=C(O)c1ccncn1. The fourth-order valence-electron chi connectivity index (χ4n) is 9.48. The third-order valence-electron chi connectivity index (χ3n) is 13.3. The first kappa shape index (κ1) is 50.1. The molecule has 4 aromatic carbocycles. The summed E-state index contributed by atoms with van der Waals surface area (Å²) in [5.41, 5.74) is 16.3. The molecule has 1 unspecified atom stereocenters. The number of fused-ring (bicyclic) bond motifs is 4. The second kappa shape index (κ2) is 22.6. The van der Waals surface area contributed by atoms with Gasteiger partial charge in [-0.05, 0) is 139 Å². The van der Waals surface area contributed by atoms with Crippen molar-refractivity contribution in [2.75, 3.05) is 20.2 Å². The number of nitrogens with zero attached hydrogens (tertiary/aromatic N) is 11. The lowest BCUT2D eigenvalue weighted by Gasteiger charge is -2.31. The highest BCUT2D eigenvalue weighted by molar-refractivity contribution is 5.93. The van der Waals surface area contributed by atoms with Crippen LogP contribution in [0.15, 0.2) is 91.8 Å². The van der Waals surface area contributed by atoms with E-state index in [-0.39, 0.29) is 29.9 Å². The Morgan fingerprint density at radius 2 is 1.43 bits per heavy atom. The molecule has 8 aromatic rings. The molecule has 1 amide bonds. The van der Waals surface area contributed by atoms with Crippen molar-refractivity contribution in [1.29, 1.82) is 0 Å². The van der Waals surface area contributed by atoms with Gasteiger partial charge in [0.05, 0.1) is 24.6 Å². The Labute approximate surface area is 415 Å². The number of aromatic carboxylic acids is 1. The van der Waals surface area contributed by atoms with E-state index in [1.165, 1.54) is 48.7 Å². The molecule has 0 radical (unpaired) electrons. The molecule has 0 saturated heterocycles. The number of amides is 1. The summed E-state index contributed by atoms with van der Waals surface area (Å²) in [5.74, 6) is -2.30. The smallest absolute Gasteiger partial charge is 0.354 e. The minimum Gasteiger partial charge on any atom is -0.481 e. The number of hydrogen-bond acceptors (Lipinski definition) is 14. The summed E-state index contributed by atoms with van der Waals surface area (Å²) in [6.45, 7) is 12.6. The summed E-state index contributed by atoms with van der Waals surface area (Å²) in [5, 5.41) is 38.4. The maximum absolute atomic E-state index is 13.2. The quantitative estimate of drug-likeness (QED) is 0.108. The fourth-order valence-corrected chi connectivity index (χ4v) is 9.48. The largest absolute Gasteiger partial charge is 0.481 e. The number of esters is 1. The van der Waals surface area contributed by atoms with Crippen molar-refractivity contribution in [1.82, 2.24) is 60.1 Å².